The summed E-state index contributed by atoms with van der Waals surface area (Å²) in [5.41, 5.74) is 0.394. The molecule has 1 saturated carbocycles. The first-order chi connectivity index (χ1) is 4.61. The minimum atomic E-state index is 0.384. The SMILES string of the molecule is CCC(C)(C)[C@H]1C[C@@H]1C=O. The van der Waals surface area contributed by atoms with Gasteiger partial charge in [-0.1, -0.05) is 27.2 Å². The Labute approximate surface area is 62.8 Å². The van der Waals surface area contributed by atoms with E-state index in [2.05, 4.69) is 20.8 Å². The van der Waals surface area contributed by atoms with Crippen LogP contribution in [0.5, 0.6) is 0 Å². The van der Waals surface area contributed by atoms with Crippen molar-refractivity contribution in [1.82, 2.24) is 0 Å². The third-order valence-corrected chi connectivity index (χ3v) is 2.93. The van der Waals surface area contributed by atoms with E-state index in [0.29, 0.717) is 17.3 Å². The zero-order valence-corrected chi connectivity index (χ0v) is 7.05. The molecule has 0 N–H and O–H groups in total. The van der Waals surface area contributed by atoms with E-state index in [4.69, 9.17) is 0 Å². The molecule has 0 aliphatic heterocycles. The molecule has 58 valence electrons. The van der Waals surface area contributed by atoms with Gasteiger partial charge < -0.3 is 4.79 Å². The lowest BCUT2D eigenvalue weighted by molar-refractivity contribution is -0.109. The summed E-state index contributed by atoms with van der Waals surface area (Å²) in [6.45, 7) is 6.70. The fraction of sp³-hybridized carbons (Fsp3) is 0.889. The average Bonchev–Trinajstić information content (AvgIpc) is 2.66. The van der Waals surface area contributed by atoms with Gasteiger partial charge in [-0.15, -0.1) is 0 Å². The fourth-order valence-electron chi connectivity index (χ4n) is 1.53. The molecular formula is C9H16O. The molecule has 0 aromatic carbocycles. The van der Waals surface area contributed by atoms with Crippen LogP contribution in [-0.2, 0) is 4.79 Å². The summed E-state index contributed by atoms with van der Waals surface area (Å²) in [5.74, 6) is 1.06. The van der Waals surface area contributed by atoms with Crippen molar-refractivity contribution in [3.05, 3.63) is 0 Å². The molecule has 0 spiro atoms. The van der Waals surface area contributed by atoms with E-state index < -0.39 is 0 Å². The highest BCUT2D eigenvalue weighted by Gasteiger charge is 2.46. The van der Waals surface area contributed by atoms with Crippen LogP contribution in [0.25, 0.3) is 0 Å². The van der Waals surface area contributed by atoms with Gasteiger partial charge in [0.25, 0.3) is 0 Å². The van der Waals surface area contributed by atoms with Crippen LogP contribution >= 0.6 is 0 Å². The van der Waals surface area contributed by atoms with Gasteiger partial charge in [0, 0.05) is 5.92 Å². The van der Waals surface area contributed by atoms with E-state index in [1.54, 1.807) is 0 Å². The lowest BCUT2D eigenvalue weighted by atomic mass is 9.84. The number of carbonyl (C=O) groups excluding carboxylic acids is 1. The first-order valence-electron chi connectivity index (χ1n) is 4.07. The van der Waals surface area contributed by atoms with Gasteiger partial charge >= 0.3 is 0 Å². The van der Waals surface area contributed by atoms with Gasteiger partial charge in [0.2, 0.25) is 0 Å². The van der Waals surface area contributed by atoms with Crippen molar-refractivity contribution >= 4 is 6.29 Å². The quantitative estimate of drug-likeness (QED) is 0.549. The van der Waals surface area contributed by atoms with Crippen molar-refractivity contribution in [3.8, 4) is 0 Å². The maximum atomic E-state index is 10.3. The van der Waals surface area contributed by atoms with Crippen molar-refractivity contribution in [2.75, 3.05) is 0 Å². The number of rotatable bonds is 3. The zero-order chi connectivity index (χ0) is 7.78. The van der Waals surface area contributed by atoms with Crippen molar-refractivity contribution in [2.45, 2.75) is 33.6 Å². The molecular weight excluding hydrogens is 124 g/mol. The highest BCUT2D eigenvalue weighted by molar-refractivity contribution is 5.58. The summed E-state index contributed by atoms with van der Waals surface area (Å²) >= 11 is 0. The molecule has 0 saturated heterocycles. The lowest BCUT2D eigenvalue weighted by Gasteiger charge is -2.21. The molecule has 0 aromatic rings. The Morgan fingerprint density at radius 1 is 1.60 bits per heavy atom. The highest BCUT2D eigenvalue weighted by atomic mass is 16.1. The molecule has 1 aliphatic rings. The van der Waals surface area contributed by atoms with E-state index in [-0.39, 0.29) is 0 Å². The van der Waals surface area contributed by atoms with E-state index in [1.807, 2.05) is 0 Å². The van der Waals surface area contributed by atoms with Gasteiger partial charge in [0.1, 0.15) is 6.29 Å². The van der Waals surface area contributed by atoms with Gasteiger partial charge in [-0.25, -0.2) is 0 Å². The van der Waals surface area contributed by atoms with Crippen LogP contribution in [-0.4, -0.2) is 6.29 Å². The summed E-state index contributed by atoms with van der Waals surface area (Å²) in [6, 6.07) is 0. The maximum Gasteiger partial charge on any atom is 0.123 e. The number of carbonyl (C=O) groups is 1. The Bertz CT molecular complexity index is 138. The third kappa shape index (κ3) is 1.23. The van der Waals surface area contributed by atoms with E-state index in [1.165, 1.54) is 6.42 Å². The van der Waals surface area contributed by atoms with Crippen LogP contribution in [0.1, 0.15) is 33.6 Å². The Kier molecular flexibility index (Phi) is 1.84. The first kappa shape index (κ1) is 7.77. The highest BCUT2D eigenvalue weighted by Crippen LogP contribution is 2.51. The molecule has 0 amide bonds. The molecule has 1 aliphatic carbocycles. The molecule has 1 fully saturated rings. The maximum absolute atomic E-state index is 10.3. The predicted octanol–water partition coefficient (Wildman–Crippen LogP) is 2.26. The minimum Gasteiger partial charge on any atom is -0.303 e. The second kappa shape index (κ2) is 2.37. The van der Waals surface area contributed by atoms with Gasteiger partial charge in [-0.05, 0) is 17.8 Å². The smallest absolute Gasteiger partial charge is 0.123 e. The largest absolute Gasteiger partial charge is 0.303 e. The topological polar surface area (TPSA) is 17.1 Å². The molecule has 1 nitrogen and oxygen atoms in total. The molecule has 0 aromatic heterocycles. The summed E-state index contributed by atoms with van der Waals surface area (Å²) in [4.78, 5) is 10.3. The summed E-state index contributed by atoms with van der Waals surface area (Å²) < 4.78 is 0. The fourth-order valence-corrected chi connectivity index (χ4v) is 1.53. The minimum absolute atomic E-state index is 0.384. The second-order valence-electron chi connectivity index (χ2n) is 3.98. The van der Waals surface area contributed by atoms with Crippen molar-refractivity contribution < 1.29 is 4.79 Å². The van der Waals surface area contributed by atoms with Gasteiger partial charge in [0.15, 0.2) is 0 Å². The van der Waals surface area contributed by atoms with E-state index >= 15 is 0 Å². The van der Waals surface area contributed by atoms with Crippen LogP contribution in [0.3, 0.4) is 0 Å². The molecule has 0 bridgehead atoms. The Balaban J connectivity index is 2.45. The Morgan fingerprint density at radius 2 is 2.20 bits per heavy atom. The van der Waals surface area contributed by atoms with E-state index in [9.17, 15) is 4.79 Å². The summed E-state index contributed by atoms with van der Waals surface area (Å²) in [6.07, 6.45) is 3.43. The van der Waals surface area contributed by atoms with Crippen molar-refractivity contribution in [1.29, 1.82) is 0 Å². The summed E-state index contributed by atoms with van der Waals surface area (Å²) in [5, 5.41) is 0. The van der Waals surface area contributed by atoms with Crippen LogP contribution in [0, 0.1) is 17.3 Å². The molecule has 0 heterocycles. The molecule has 1 rings (SSSR count). The van der Waals surface area contributed by atoms with Crippen LogP contribution in [0.4, 0.5) is 0 Å². The summed E-state index contributed by atoms with van der Waals surface area (Å²) in [7, 11) is 0. The van der Waals surface area contributed by atoms with Crippen molar-refractivity contribution in [3.63, 3.8) is 0 Å². The zero-order valence-electron chi connectivity index (χ0n) is 7.05. The van der Waals surface area contributed by atoms with E-state index in [0.717, 1.165) is 12.7 Å². The van der Waals surface area contributed by atoms with Crippen LogP contribution in [0.15, 0.2) is 0 Å². The number of hydrogen-bond acceptors (Lipinski definition) is 1. The molecule has 2 atom stereocenters. The second-order valence-corrected chi connectivity index (χ2v) is 3.98. The monoisotopic (exact) mass is 140 g/mol. The normalized spacial score (nSPS) is 31.9. The van der Waals surface area contributed by atoms with Gasteiger partial charge in [-0.3, -0.25) is 0 Å². The lowest BCUT2D eigenvalue weighted by Crippen LogP contribution is -2.13. The molecule has 0 radical (unpaired) electrons. The number of hydrogen-bond donors (Lipinski definition) is 0. The Hall–Kier alpha value is -0.330. The predicted molar refractivity (Wildman–Crippen MR) is 41.7 cm³/mol. The van der Waals surface area contributed by atoms with Crippen molar-refractivity contribution in [2.24, 2.45) is 17.3 Å². The Morgan fingerprint density at radius 3 is 2.50 bits per heavy atom. The average molecular weight is 140 g/mol. The number of aldehydes is 1. The molecule has 0 unspecified atom stereocenters. The first-order valence-corrected chi connectivity index (χ1v) is 4.07. The third-order valence-electron chi connectivity index (χ3n) is 2.93. The molecule has 1 heteroatoms. The van der Waals surface area contributed by atoms with Gasteiger partial charge in [-0.2, -0.15) is 0 Å². The standard InChI is InChI=1S/C9H16O/c1-4-9(2,3)8-5-7(8)6-10/h6-8H,4-5H2,1-3H3/t7-,8+/m1/s1. The van der Waals surface area contributed by atoms with Crippen LogP contribution in [0.2, 0.25) is 0 Å². The van der Waals surface area contributed by atoms with Gasteiger partial charge in [0.05, 0.1) is 0 Å². The van der Waals surface area contributed by atoms with Crippen LogP contribution < -0.4 is 0 Å². The molecule has 10 heavy (non-hydrogen) atoms.